The molecule has 1 N–H and O–H groups in total. The summed E-state index contributed by atoms with van der Waals surface area (Å²) < 4.78 is 5.40. The van der Waals surface area contributed by atoms with Gasteiger partial charge in [-0.15, -0.1) is 0 Å². The van der Waals surface area contributed by atoms with Crippen molar-refractivity contribution < 1.29 is 9.84 Å². The molecule has 0 bridgehead atoms. The van der Waals surface area contributed by atoms with Crippen molar-refractivity contribution >= 4 is 11.6 Å². The molecule has 1 unspecified atom stereocenters. The van der Waals surface area contributed by atoms with Crippen LogP contribution < -0.4 is 0 Å². The van der Waals surface area contributed by atoms with Crippen molar-refractivity contribution in [2.24, 2.45) is 0 Å². The molecule has 3 rings (SSSR count). The van der Waals surface area contributed by atoms with Gasteiger partial charge in [-0.3, -0.25) is 4.90 Å². The lowest BCUT2D eigenvalue weighted by Gasteiger charge is -2.33. The predicted octanol–water partition coefficient (Wildman–Crippen LogP) is 3.30. The lowest BCUT2D eigenvalue weighted by Crippen LogP contribution is -2.40. The highest BCUT2D eigenvalue weighted by molar-refractivity contribution is 6.30. The van der Waals surface area contributed by atoms with Gasteiger partial charge in [0, 0.05) is 24.7 Å². The first-order valence-corrected chi connectivity index (χ1v) is 8.40. The minimum atomic E-state index is -1.01. The quantitative estimate of drug-likeness (QED) is 0.912. The maximum Gasteiger partial charge on any atom is 0.116 e. The number of ether oxygens (including phenoxy) is 1. The van der Waals surface area contributed by atoms with E-state index in [4.69, 9.17) is 16.3 Å². The van der Waals surface area contributed by atoms with E-state index in [-0.39, 0.29) is 0 Å². The summed E-state index contributed by atoms with van der Waals surface area (Å²) in [5.41, 5.74) is 0.779. The molecule has 23 heavy (non-hydrogen) atoms. The second kappa shape index (κ2) is 7.45. The highest BCUT2D eigenvalue weighted by Gasteiger charge is 2.32. The van der Waals surface area contributed by atoms with E-state index in [9.17, 15) is 5.11 Å². The fourth-order valence-electron chi connectivity index (χ4n) is 3.04. The molecule has 0 aliphatic carbocycles. The first-order valence-electron chi connectivity index (χ1n) is 8.02. The van der Waals surface area contributed by atoms with Gasteiger partial charge in [-0.25, -0.2) is 0 Å². The number of morpholine rings is 1. The topological polar surface area (TPSA) is 32.7 Å². The van der Waals surface area contributed by atoms with Gasteiger partial charge in [0.15, 0.2) is 0 Å². The maximum atomic E-state index is 11.5. The summed E-state index contributed by atoms with van der Waals surface area (Å²) in [4.78, 5) is 2.34. The van der Waals surface area contributed by atoms with Crippen LogP contribution in [0.2, 0.25) is 5.02 Å². The SMILES string of the molecule is OC(CCN1CCOCC1)(c1ccccc1)c1ccc(Cl)cc1. The molecule has 1 saturated heterocycles. The molecule has 0 spiro atoms. The lowest BCUT2D eigenvalue weighted by atomic mass is 9.83. The Bertz CT molecular complexity index is 611. The minimum Gasteiger partial charge on any atom is -0.380 e. The van der Waals surface area contributed by atoms with Crippen molar-refractivity contribution in [3.63, 3.8) is 0 Å². The van der Waals surface area contributed by atoms with E-state index >= 15 is 0 Å². The Morgan fingerprint density at radius 1 is 0.957 bits per heavy atom. The van der Waals surface area contributed by atoms with E-state index in [1.807, 2.05) is 54.6 Å². The van der Waals surface area contributed by atoms with Crippen molar-refractivity contribution in [3.8, 4) is 0 Å². The summed E-state index contributed by atoms with van der Waals surface area (Å²) >= 11 is 6.00. The minimum absolute atomic E-state index is 0.638. The molecule has 4 heteroatoms. The van der Waals surface area contributed by atoms with E-state index < -0.39 is 5.60 Å². The average Bonchev–Trinajstić information content (AvgIpc) is 2.62. The van der Waals surface area contributed by atoms with E-state index in [0.29, 0.717) is 11.4 Å². The van der Waals surface area contributed by atoms with Gasteiger partial charge in [0.2, 0.25) is 0 Å². The molecule has 1 fully saturated rings. The third-order valence-electron chi connectivity index (χ3n) is 4.47. The number of hydrogen-bond acceptors (Lipinski definition) is 3. The predicted molar refractivity (Wildman–Crippen MR) is 92.8 cm³/mol. The average molecular weight is 332 g/mol. The van der Waals surface area contributed by atoms with Gasteiger partial charge in [-0.1, -0.05) is 54.1 Å². The van der Waals surface area contributed by atoms with Crippen molar-refractivity contribution in [1.82, 2.24) is 4.90 Å². The van der Waals surface area contributed by atoms with E-state index in [0.717, 1.165) is 44.0 Å². The Hall–Kier alpha value is -1.39. The molecule has 1 aliphatic heterocycles. The maximum absolute atomic E-state index is 11.5. The summed E-state index contributed by atoms with van der Waals surface area (Å²) in [5.74, 6) is 0. The number of benzene rings is 2. The summed E-state index contributed by atoms with van der Waals surface area (Å²) in [6.07, 6.45) is 0.638. The molecular formula is C19H22ClNO2. The first-order chi connectivity index (χ1) is 11.2. The van der Waals surface area contributed by atoms with Crippen LogP contribution in [-0.4, -0.2) is 42.9 Å². The molecule has 0 aromatic heterocycles. The molecule has 3 nitrogen and oxygen atoms in total. The molecule has 2 aromatic carbocycles. The van der Waals surface area contributed by atoms with Crippen LogP contribution >= 0.6 is 11.6 Å². The molecule has 0 saturated carbocycles. The normalized spacial score (nSPS) is 18.5. The summed E-state index contributed by atoms with van der Waals surface area (Å²) in [6, 6.07) is 17.3. The van der Waals surface area contributed by atoms with Crippen LogP contribution in [0.15, 0.2) is 54.6 Å². The number of rotatable bonds is 5. The van der Waals surface area contributed by atoms with Crippen LogP contribution in [0.5, 0.6) is 0 Å². The highest BCUT2D eigenvalue weighted by atomic mass is 35.5. The molecule has 122 valence electrons. The Labute approximate surface area is 142 Å². The Balaban J connectivity index is 1.85. The lowest BCUT2D eigenvalue weighted by molar-refractivity contribution is 0.0143. The molecule has 0 radical (unpaired) electrons. The van der Waals surface area contributed by atoms with E-state index in [1.165, 1.54) is 0 Å². The van der Waals surface area contributed by atoms with Gasteiger partial charge in [-0.05, 0) is 29.7 Å². The first kappa shape index (κ1) is 16.5. The zero-order valence-electron chi connectivity index (χ0n) is 13.1. The number of halogens is 1. The van der Waals surface area contributed by atoms with Gasteiger partial charge in [-0.2, -0.15) is 0 Å². The van der Waals surface area contributed by atoms with Crippen molar-refractivity contribution in [2.45, 2.75) is 12.0 Å². The summed E-state index contributed by atoms with van der Waals surface area (Å²) in [6.45, 7) is 4.21. The third kappa shape index (κ3) is 3.93. The number of aliphatic hydroxyl groups is 1. The number of hydrogen-bond donors (Lipinski definition) is 1. The van der Waals surface area contributed by atoms with Crippen molar-refractivity contribution in [1.29, 1.82) is 0 Å². The molecule has 2 aromatic rings. The van der Waals surface area contributed by atoms with Crippen LogP contribution in [0.1, 0.15) is 17.5 Å². The van der Waals surface area contributed by atoms with Crippen LogP contribution in [-0.2, 0) is 10.3 Å². The van der Waals surface area contributed by atoms with E-state index in [2.05, 4.69) is 4.90 Å². The van der Waals surface area contributed by atoms with Gasteiger partial charge in [0.05, 0.1) is 13.2 Å². The molecule has 1 atom stereocenters. The second-order valence-electron chi connectivity index (χ2n) is 5.94. The zero-order chi connectivity index (χ0) is 16.1. The van der Waals surface area contributed by atoms with Gasteiger partial charge < -0.3 is 9.84 Å². The van der Waals surface area contributed by atoms with Crippen LogP contribution in [0, 0.1) is 0 Å². The van der Waals surface area contributed by atoms with Crippen LogP contribution in [0.25, 0.3) is 0 Å². The summed E-state index contributed by atoms with van der Waals surface area (Å²) in [5, 5.41) is 12.2. The molecule has 1 aliphatic rings. The zero-order valence-corrected chi connectivity index (χ0v) is 13.9. The highest BCUT2D eigenvalue weighted by Crippen LogP contribution is 2.33. The monoisotopic (exact) mass is 331 g/mol. The smallest absolute Gasteiger partial charge is 0.116 e. The number of nitrogens with zero attached hydrogens (tertiary/aromatic N) is 1. The van der Waals surface area contributed by atoms with Crippen LogP contribution in [0.3, 0.4) is 0 Å². The van der Waals surface area contributed by atoms with Gasteiger partial charge in [0.25, 0.3) is 0 Å². The molecular weight excluding hydrogens is 310 g/mol. The standard InChI is InChI=1S/C19H22ClNO2/c20-18-8-6-17(7-9-18)19(22,16-4-2-1-3-5-16)10-11-21-12-14-23-15-13-21/h1-9,22H,10-15H2. The van der Waals surface area contributed by atoms with Gasteiger partial charge >= 0.3 is 0 Å². The molecule has 1 heterocycles. The van der Waals surface area contributed by atoms with E-state index in [1.54, 1.807) is 0 Å². The van der Waals surface area contributed by atoms with Crippen molar-refractivity contribution in [3.05, 3.63) is 70.7 Å². The fraction of sp³-hybridized carbons (Fsp3) is 0.368. The fourth-order valence-corrected chi connectivity index (χ4v) is 3.17. The molecule has 0 amide bonds. The van der Waals surface area contributed by atoms with Gasteiger partial charge in [0.1, 0.15) is 5.60 Å². The third-order valence-corrected chi connectivity index (χ3v) is 4.72. The second-order valence-corrected chi connectivity index (χ2v) is 6.37. The Morgan fingerprint density at radius 3 is 2.22 bits per heavy atom. The van der Waals surface area contributed by atoms with Crippen molar-refractivity contribution in [2.75, 3.05) is 32.8 Å². The van der Waals surface area contributed by atoms with Crippen LogP contribution in [0.4, 0.5) is 0 Å². The Morgan fingerprint density at radius 2 is 1.57 bits per heavy atom. The largest absolute Gasteiger partial charge is 0.380 e. The Kier molecular flexibility index (Phi) is 5.34. The summed E-state index contributed by atoms with van der Waals surface area (Å²) in [7, 11) is 0.